The molecule has 138 valence electrons. The van der Waals surface area contributed by atoms with Crippen molar-refractivity contribution in [1.29, 1.82) is 0 Å². The summed E-state index contributed by atoms with van der Waals surface area (Å²) in [6.07, 6.45) is 0. The zero-order valence-corrected chi connectivity index (χ0v) is 15.5. The Morgan fingerprint density at radius 1 is 0.893 bits per heavy atom. The summed E-state index contributed by atoms with van der Waals surface area (Å²) in [5.74, 6) is -1.44. The van der Waals surface area contributed by atoms with Gasteiger partial charge in [0.1, 0.15) is 11.3 Å². The molecule has 0 aliphatic carbocycles. The van der Waals surface area contributed by atoms with Crippen molar-refractivity contribution in [2.75, 3.05) is 5.32 Å². The number of aromatic hydroxyl groups is 1. The Morgan fingerprint density at radius 2 is 1.57 bits per heavy atom. The number of hydrogen-bond acceptors (Lipinski definition) is 5. The molecule has 5 nitrogen and oxygen atoms in total. The molecule has 0 bridgehead atoms. The third-order valence-electron chi connectivity index (χ3n) is 4.27. The van der Waals surface area contributed by atoms with Gasteiger partial charge >= 0.3 is 5.97 Å². The fourth-order valence-corrected chi connectivity index (χ4v) is 3.57. The van der Waals surface area contributed by atoms with Gasteiger partial charge in [-0.05, 0) is 41.5 Å². The molecule has 0 fully saturated rings. The topological polar surface area (TPSA) is 82.5 Å². The third kappa shape index (κ3) is 3.72. The second-order valence-corrected chi connectivity index (χ2v) is 7.00. The Labute approximate surface area is 165 Å². The van der Waals surface area contributed by atoms with Crippen molar-refractivity contribution in [2.45, 2.75) is 0 Å². The number of thiazole rings is 1. The Morgan fingerprint density at radius 3 is 2.29 bits per heavy atom. The van der Waals surface area contributed by atoms with E-state index in [-0.39, 0.29) is 11.3 Å². The molecule has 0 aliphatic heterocycles. The van der Waals surface area contributed by atoms with Gasteiger partial charge in [0.25, 0.3) is 0 Å². The van der Waals surface area contributed by atoms with Crippen molar-refractivity contribution in [3.8, 4) is 28.1 Å². The Hall–Kier alpha value is -3.64. The minimum Gasteiger partial charge on any atom is -0.507 e. The van der Waals surface area contributed by atoms with E-state index >= 15 is 0 Å². The maximum Gasteiger partial charge on any atom is 0.339 e. The molecule has 4 aromatic rings. The zero-order chi connectivity index (χ0) is 19.5. The van der Waals surface area contributed by atoms with Gasteiger partial charge in [-0.2, -0.15) is 0 Å². The molecule has 6 heteroatoms. The van der Waals surface area contributed by atoms with Crippen LogP contribution in [0, 0.1) is 0 Å². The predicted octanol–water partition coefficient (Wildman–Crippen LogP) is 5.62. The van der Waals surface area contributed by atoms with E-state index in [0.717, 1.165) is 16.8 Å². The highest BCUT2D eigenvalue weighted by atomic mass is 32.1. The lowest BCUT2D eigenvalue weighted by Crippen LogP contribution is -1.97. The number of aromatic carboxylic acids is 1. The molecule has 1 heterocycles. The average molecular weight is 388 g/mol. The molecule has 0 atom stereocenters. The SMILES string of the molecule is O=C(O)c1cc(-c2csc(Nc3ccc(-c4ccccc4)cc3)n2)ccc1O. The quantitative estimate of drug-likeness (QED) is 0.413. The summed E-state index contributed by atoms with van der Waals surface area (Å²) in [5, 5.41) is 24.6. The first kappa shape index (κ1) is 17.8. The maximum absolute atomic E-state index is 11.2. The van der Waals surface area contributed by atoms with E-state index < -0.39 is 5.97 Å². The van der Waals surface area contributed by atoms with E-state index in [4.69, 9.17) is 5.11 Å². The summed E-state index contributed by atoms with van der Waals surface area (Å²) in [5.41, 5.74) is 4.35. The summed E-state index contributed by atoms with van der Waals surface area (Å²) < 4.78 is 0. The molecule has 1 aromatic heterocycles. The number of hydrogen-bond donors (Lipinski definition) is 3. The van der Waals surface area contributed by atoms with E-state index in [2.05, 4.69) is 22.4 Å². The number of rotatable bonds is 5. The fraction of sp³-hybridized carbons (Fsp3) is 0. The van der Waals surface area contributed by atoms with Crippen molar-refractivity contribution in [2.24, 2.45) is 0 Å². The molecule has 0 spiro atoms. The lowest BCUT2D eigenvalue weighted by Gasteiger charge is -2.05. The molecule has 0 radical (unpaired) electrons. The van der Waals surface area contributed by atoms with Crippen molar-refractivity contribution in [3.63, 3.8) is 0 Å². The van der Waals surface area contributed by atoms with E-state index in [0.29, 0.717) is 16.4 Å². The van der Waals surface area contributed by atoms with E-state index in [9.17, 15) is 9.90 Å². The number of carboxylic acid groups (broad SMARTS) is 1. The maximum atomic E-state index is 11.2. The van der Waals surface area contributed by atoms with Crippen LogP contribution >= 0.6 is 11.3 Å². The van der Waals surface area contributed by atoms with Crippen molar-refractivity contribution in [3.05, 3.63) is 83.7 Å². The number of anilines is 2. The van der Waals surface area contributed by atoms with Gasteiger partial charge in [-0.15, -0.1) is 11.3 Å². The molecule has 0 aliphatic rings. The predicted molar refractivity (Wildman–Crippen MR) is 111 cm³/mol. The number of carbonyl (C=O) groups is 1. The van der Waals surface area contributed by atoms with Crippen LogP contribution in [-0.4, -0.2) is 21.2 Å². The fourth-order valence-electron chi connectivity index (χ4n) is 2.83. The number of nitrogens with zero attached hydrogens (tertiary/aromatic N) is 1. The minimum absolute atomic E-state index is 0.142. The van der Waals surface area contributed by atoms with E-state index in [1.165, 1.54) is 23.5 Å². The van der Waals surface area contributed by atoms with Gasteiger partial charge in [-0.25, -0.2) is 9.78 Å². The van der Waals surface area contributed by atoms with Crippen LogP contribution in [0.2, 0.25) is 0 Å². The Kier molecular flexibility index (Phi) is 4.78. The molecular formula is C22H16N2O3S. The van der Waals surface area contributed by atoms with Gasteiger partial charge < -0.3 is 15.5 Å². The molecule has 0 unspecified atom stereocenters. The molecule has 28 heavy (non-hydrogen) atoms. The molecule has 4 rings (SSSR count). The van der Waals surface area contributed by atoms with Gasteiger partial charge in [-0.1, -0.05) is 42.5 Å². The molecule has 3 aromatic carbocycles. The van der Waals surface area contributed by atoms with Crippen LogP contribution in [0.4, 0.5) is 10.8 Å². The van der Waals surface area contributed by atoms with Gasteiger partial charge in [0.2, 0.25) is 0 Å². The second kappa shape index (κ2) is 7.54. The smallest absolute Gasteiger partial charge is 0.339 e. The highest BCUT2D eigenvalue weighted by molar-refractivity contribution is 7.14. The van der Waals surface area contributed by atoms with Gasteiger partial charge in [0, 0.05) is 16.6 Å². The van der Waals surface area contributed by atoms with E-state index in [1.807, 2.05) is 47.8 Å². The molecule has 0 saturated carbocycles. The lowest BCUT2D eigenvalue weighted by molar-refractivity contribution is 0.0694. The highest BCUT2D eigenvalue weighted by Crippen LogP contribution is 2.30. The standard InChI is InChI=1S/C22H16N2O3S/c25-20-11-8-16(12-18(20)21(26)27)19-13-28-22(24-19)23-17-9-6-15(7-10-17)14-4-2-1-3-5-14/h1-13,25H,(H,23,24)(H,26,27). The number of benzene rings is 3. The zero-order valence-electron chi connectivity index (χ0n) is 14.7. The number of nitrogens with one attached hydrogen (secondary N) is 1. The van der Waals surface area contributed by atoms with Crippen molar-refractivity contribution < 1.29 is 15.0 Å². The number of phenols is 1. The first-order valence-electron chi connectivity index (χ1n) is 8.55. The first-order chi connectivity index (χ1) is 13.6. The average Bonchev–Trinajstić information content (AvgIpc) is 3.18. The van der Waals surface area contributed by atoms with Crippen LogP contribution in [0.5, 0.6) is 5.75 Å². The number of aromatic nitrogens is 1. The third-order valence-corrected chi connectivity index (χ3v) is 5.03. The van der Waals surface area contributed by atoms with Gasteiger partial charge in [0.15, 0.2) is 5.13 Å². The second-order valence-electron chi connectivity index (χ2n) is 6.14. The summed E-state index contributed by atoms with van der Waals surface area (Å²) in [4.78, 5) is 15.7. The van der Waals surface area contributed by atoms with Gasteiger partial charge in [-0.3, -0.25) is 0 Å². The first-order valence-corrected chi connectivity index (χ1v) is 9.43. The normalized spacial score (nSPS) is 10.6. The molecule has 0 amide bonds. The van der Waals surface area contributed by atoms with Gasteiger partial charge in [0.05, 0.1) is 5.69 Å². The molecule has 3 N–H and O–H groups in total. The van der Waals surface area contributed by atoms with Crippen LogP contribution in [0.3, 0.4) is 0 Å². The van der Waals surface area contributed by atoms with E-state index in [1.54, 1.807) is 6.07 Å². The van der Waals surface area contributed by atoms with Crippen LogP contribution < -0.4 is 5.32 Å². The summed E-state index contributed by atoms with van der Waals surface area (Å²) in [7, 11) is 0. The van der Waals surface area contributed by atoms with Crippen molar-refractivity contribution >= 4 is 28.1 Å². The minimum atomic E-state index is -1.17. The van der Waals surface area contributed by atoms with Crippen LogP contribution in [-0.2, 0) is 0 Å². The molecular weight excluding hydrogens is 372 g/mol. The summed E-state index contributed by atoms with van der Waals surface area (Å²) in [6.45, 7) is 0. The van der Waals surface area contributed by atoms with Crippen LogP contribution in [0.1, 0.15) is 10.4 Å². The van der Waals surface area contributed by atoms with Crippen LogP contribution in [0.25, 0.3) is 22.4 Å². The number of carboxylic acids is 1. The summed E-state index contributed by atoms with van der Waals surface area (Å²) in [6, 6.07) is 22.7. The monoisotopic (exact) mass is 388 g/mol. The molecule has 0 saturated heterocycles. The largest absolute Gasteiger partial charge is 0.507 e. The Bertz CT molecular complexity index is 1120. The highest BCUT2D eigenvalue weighted by Gasteiger charge is 2.13. The van der Waals surface area contributed by atoms with Crippen molar-refractivity contribution in [1.82, 2.24) is 4.98 Å². The Balaban J connectivity index is 1.52. The van der Waals surface area contributed by atoms with Crippen LogP contribution in [0.15, 0.2) is 78.2 Å². The lowest BCUT2D eigenvalue weighted by atomic mass is 10.1. The summed E-state index contributed by atoms with van der Waals surface area (Å²) >= 11 is 1.43.